The number of nitrogens with zero attached hydrogens (tertiary/aromatic N) is 3. The van der Waals surface area contributed by atoms with Gasteiger partial charge in [-0.05, 0) is 40.8 Å². The topological polar surface area (TPSA) is 30.7 Å². The van der Waals surface area contributed by atoms with E-state index in [-0.39, 0.29) is 0 Å². The summed E-state index contributed by atoms with van der Waals surface area (Å²) in [6.45, 7) is 0. The molecule has 0 saturated carbocycles. The lowest BCUT2D eigenvalue weighted by atomic mass is 10.3. The lowest BCUT2D eigenvalue weighted by Gasteiger charge is -2.10. The molecule has 2 heterocycles. The van der Waals surface area contributed by atoms with E-state index in [0.717, 1.165) is 29.0 Å². The van der Waals surface area contributed by atoms with Crippen molar-refractivity contribution in [2.45, 2.75) is 6.42 Å². The van der Waals surface area contributed by atoms with Crippen molar-refractivity contribution in [2.75, 3.05) is 5.88 Å². The number of para-hydroxylation sites is 1. The second kappa shape index (κ2) is 5.46. The van der Waals surface area contributed by atoms with Gasteiger partial charge in [0.2, 0.25) is 0 Å². The highest BCUT2D eigenvalue weighted by molar-refractivity contribution is 14.1. The van der Waals surface area contributed by atoms with Gasteiger partial charge in [-0.2, -0.15) is 0 Å². The van der Waals surface area contributed by atoms with Gasteiger partial charge in [-0.1, -0.05) is 12.1 Å². The van der Waals surface area contributed by atoms with Crippen molar-refractivity contribution in [3.05, 3.63) is 52.1 Å². The first-order valence-electron chi connectivity index (χ1n) is 5.93. The second-order valence-electron chi connectivity index (χ2n) is 4.12. The number of hydrogen-bond donors (Lipinski definition) is 0. The Morgan fingerprint density at radius 2 is 2.05 bits per heavy atom. The number of rotatable bonds is 3. The molecule has 0 unspecified atom stereocenters. The number of imidazole rings is 1. The predicted molar refractivity (Wildman–Crippen MR) is 86.0 cm³/mol. The van der Waals surface area contributed by atoms with E-state index in [9.17, 15) is 0 Å². The highest BCUT2D eigenvalue weighted by Crippen LogP contribution is 2.24. The fraction of sp³-hybridized carbons (Fsp3) is 0.143. The van der Waals surface area contributed by atoms with Gasteiger partial charge in [0.1, 0.15) is 11.3 Å². The molecule has 3 rings (SSSR count). The summed E-state index contributed by atoms with van der Waals surface area (Å²) in [7, 11) is 0. The first-order chi connectivity index (χ1) is 9.31. The monoisotopic (exact) mass is 383 g/mol. The van der Waals surface area contributed by atoms with Crippen LogP contribution >= 0.6 is 34.2 Å². The number of pyridine rings is 1. The number of fused-ring (bicyclic) bond motifs is 1. The Morgan fingerprint density at radius 3 is 2.84 bits per heavy atom. The summed E-state index contributed by atoms with van der Waals surface area (Å²) in [5.41, 5.74) is 3.11. The smallest absolute Gasteiger partial charge is 0.115 e. The van der Waals surface area contributed by atoms with E-state index < -0.39 is 0 Å². The minimum absolute atomic E-state index is 0.556. The van der Waals surface area contributed by atoms with Gasteiger partial charge in [0.15, 0.2) is 0 Å². The number of alkyl halides is 1. The van der Waals surface area contributed by atoms with E-state index in [1.165, 1.54) is 3.57 Å². The number of aromatic nitrogens is 3. The van der Waals surface area contributed by atoms with Gasteiger partial charge in [0.25, 0.3) is 0 Å². The van der Waals surface area contributed by atoms with E-state index in [1.807, 2.05) is 18.2 Å². The molecule has 0 fully saturated rings. The van der Waals surface area contributed by atoms with E-state index in [2.05, 4.69) is 49.3 Å². The molecular formula is C14H11ClIN3. The molecule has 0 atom stereocenters. The summed E-state index contributed by atoms with van der Waals surface area (Å²) in [6.07, 6.45) is 4.32. The van der Waals surface area contributed by atoms with Crippen molar-refractivity contribution in [1.82, 2.24) is 14.5 Å². The highest BCUT2D eigenvalue weighted by Gasteiger charge is 2.13. The van der Waals surface area contributed by atoms with Crippen LogP contribution in [-0.4, -0.2) is 20.4 Å². The average Bonchev–Trinajstić information content (AvgIpc) is 2.78. The maximum Gasteiger partial charge on any atom is 0.115 e. The van der Waals surface area contributed by atoms with Crippen molar-refractivity contribution in [3.8, 4) is 5.69 Å². The van der Waals surface area contributed by atoms with Crippen molar-refractivity contribution in [3.63, 3.8) is 0 Å². The molecule has 0 amide bonds. The molecule has 0 aliphatic carbocycles. The largest absolute Gasteiger partial charge is 0.295 e. The van der Waals surface area contributed by atoms with Crippen molar-refractivity contribution in [1.29, 1.82) is 0 Å². The quantitative estimate of drug-likeness (QED) is 0.509. The van der Waals surface area contributed by atoms with E-state index in [1.54, 1.807) is 12.4 Å². The van der Waals surface area contributed by atoms with Crippen LogP contribution < -0.4 is 0 Å². The zero-order valence-electron chi connectivity index (χ0n) is 10.1. The van der Waals surface area contributed by atoms with Crippen LogP contribution in [0, 0.1) is 3.57 Å². The van der Waals surface area contributed by atoms with Crippen LogP contribution in [0.2, 0.25) is 0 Å². The first kappa shape index (κ1) is 12.9. The van der Waals surface area contributed by atoms with E-state index in [4.69, 9.17) is 11.6 Å². The lowest BCUT2D eigenvalue weighted by molar-refractivity contribution is 0.909. The molecule has 2 aromatic heterocycles. The third kappa shape index (κ3) is 2.34. The van der Waals surface area contributed by atoms with Gasteiger partial charge < -0.3 is 0 Å². The summed E-state index contributed by atoms with van der Waals surface area (Å²) in [6, 6.07) is 10.2. The van der Waals surface area contributed by atoms with Gasteiger partial charge in [0, 0.05) is 22.1 Å². The lowest BCUT2D eigenvalue weighted by Crippen LogP contribution is -2.03. The Bertz CT molecular complexity index is 724. The Labute approximate surface area is 129 Å². The molecule has 3 aromatic rings. The minimum Gasteiger partial charge on any atom is -0.295 e. The third-order valence-corrected chi connectivity index (χ3v) is 4.04. The molecule has 19 heavy (non-hydrogen) atoms. The fourth-order valence-electron chi connectivity index (χ4n) is 2.14. The Hall–Kier alpha value is -1.14. The van der Waals surface area contributed by atoms with Gasteiger partial charge >= 0.3 is 0 Å². The van der Waals surface area contributed by atoms with Gasteiger partial charge in [0.05, 0.1) is 17.4 Å². The molecule has 0 aliphatic heterocycles. The van der Waals surface area contributed by atoms with Crippen molar-refractivity contribution >= 4 is 45.2 Å². The van der Waals surface area contributed by atoms with Crippen LogP contribution in [0.4, 0.5) is 0 Å². The zero-order valence-corrected chi connectivity index (χ0v) is 13.0. The van der Waals surface area contributed by atoms with Crippen LogP contribution in [0.15, 0.2) is 42.7 Å². The molecule has 0 bridgehead atoms. The number of halogens is 2. The third-order valence-electron chi connectivity index (χ3n) is 2.94. The molecule has 0 saturated heterocycles. The predicted octanol–water partition coefficient (Wildman–Crippen LogP) is 3.81. The Morgan fingerprint density at radius 1 is 1.21 bits per heavy atom. The zero-order chi connectivity index (χ0) is 13.2. The molecule has 0 N–H and O–H groups in total. The van der Waals surface area contributed by atoms with Gasteiger partial charge in [-0.3, -0.25) is 9.55 Å². The van der Waals surface area contributed by atoms with E-state index >= 15 is 0 Å². The number of benzene rings is 1. The standard InChI is InChI=1S/C14H11ClIN3/c15-7-5-14-18-11-9-17-8-6-13(11)19(14)12-4-2-1-3-10(12)16/h1-4,6,8-9H,5,7H2. The summed E-state index contributed by atoms with van der Waals surface area (Å²) in [5, 5.41) is 0. The Balaban J connectivity index is 2.31. The molecule has 0 aliphatic rings. The second-order valence-corrected chi connectivity index (χ2v) is 5.66. The molecule has 0 spiro atoms. The highest BCUT2D eigenvalue weighted by atomic mass is 127. The van der Waals surface area contributed by atoms with Crippen LogP contribution in [0.5, 0.6) is 0 Å². The normalized spacial score (nSPS) is 11.1. The van der Waals surface area contributed by atoms with Crippen LogP contribution in [0.3, 0.4) is 0 Å². The van der Waals surface area contributed by atoms with E-state index in [0.29, 0.717) is 5.88 Å². The molecular weight excluding hydrogens is 373 g/mol. The summed E-state index contributed by atoms with van der Waals surface area (Å²) in [5.74, 6) is 1.53. The van der Waals surface area contributed by atoms with Crippen molar-refractivity contribution in [2.24, 2.45) is 0 Å². The Kier molecular flexibility index (Phi) is 3.70. The fourth-order valence-corrected chi connectivity index (χ4v) is 2.93. The molecule has 1 aromatic carbocycles. The number of aryl methyl sites for hydroxylation is 1. The average molecular weight is 384 g/mol. The molecule has 5 heteroatoms. The number of hydrogen-bond acceptors (Lipinski definition) is 2. The summed E-state index contributed by atoms with van der Waals surface area (Å²) < 4.78 is 3.35. The molecule has 3 nitrogen and oxygen atoms in total. The summed E-state index contributed by atoms with van der Waals surface area (Å²) in [4.78, 5) is 8.77. The van der Waals surface area contributed by atoms with Crippen LogP contribution in [0.25, 0.3) is 16.7 Å². The molecule has 0 radical (unpaired) electrons. The molecule has 96 valence electrons. The SMILES string of the molecule is ClCCc1nc2cnccc2n1-c1ccccc1I. The first-order valence-corrected chi connectivity index (χ1v) is 7.55. The summed E-state index contributed by atoms with van der Waals surface area (Å²) >= 11 is 8.23. The van der Waals surface area contributed by atoms with Crippen molar-refractivity contribution < 1.29 is 0 Å². The van der Waals surface area contributed by atoms with Gasteiger partial charge in [-0.25, -0.2) is 4.98 Å². The van der Waals surface area contributed by atoms with Crippen LogP contribution in [0.1, 0.15) is 5.82 Å². The maximum atomic E-state index is 5.89. The van der Waals surface area contributed by atoms with Gasteiger partial charge in [-0.15, -0.1) is 11.6 Å². The maximum absolute atomic E-state index is 5.89. The van der Waals surface area contributed by atoms with Crippen LogP contribution in [-0.2, 0) is 6.42 Å². The minimum atomic E-state index is 0.556.